The quantitative estimate of drug-likeness (QED) is 0.815. The summed E-state index contributed by atoms with van der Waals surface area (Å²) < 4.78 is 10.7. The van der Waals surface area contributed by atoms with Crippen molar-refractivity contribution in [1.29, 1.82) is 0 Å². The van der Waals surface area contributed by atoms with Crippen molar-refractivity contribution in [2.24, 2.45) is 0 Å². The predicted molar refractivity (Wildman–Crippen MR) is 99.2 cm³/mol. The highest BCUT2D eigenvalue weighted by molar-refractivity contribution is 7.10. The van der Waals surface area contributed by atoms with Crippen molar-refractivity contribution in [3.05, 3.63) is 46.2 Å². The SMILES string of the molecule is CC(=O)NC(CC(=O)NC(C)(C)c1ccc2c(c1)OCO2)c1cccs1. The van der Waals surface area contributed by atoms with E-state index in [9.17, 15) is 9.59 Å². The maximum atomic E-state index is 12.6. The highest BCUT2D eigenvalue weighted by Gasteiger charge is 2.27. The number of ether oxygens (including phenoxy) is 2. The summed E-state index contributed by atoms with van der Waals surface area (Å²) in [5, 5.41) is 7.82. The first-order valence-corrected chi connectivity index (χ1v) is 9.25. The van der Waals surface area contributed by atoms with Crippen molar-refractivity contribution in [2.45, 2.75) is 38.8 Å². The van der Waals surface area contributed by atoms with Crippen LogP contribution in [0.25, 0.3) is 0 Å². The van der Waals surface area contributed by atoms with Crippen LogP contribution in [0.3, 0.4) is 0 Å². The molecule has 1 aliphatic heterocycles. The number of benzene rings is 1. The Morgan fingerprint density at radius 3 is 2.69 bits per heavy atom. The summed E-state index contributed by atoms with van der Waals surface area (Å²) in [6, 6.07) is 9.13. The van der Waals surface area contributed by atoms with Crippen molar-refractivity contribution in [1.82, 2.24) is 10.6 Å². The van der Waals surface area contributed by atoms with Gasteiger partial charge in [-0.3, -0.25) is 9.59 Å². The molecule has 26 heavy (non-hydrogen) atoms. The first-order valence-electron chi connectivity index (χ1n) is 8.37. The van der Waals surface area contributed by atoms with E-state index >= 15 is 0 Å². The Bertz CT molecular complexity index is 802. The smallest absolute Gasteiger partial charge is 0.231 e. The normalized spacial score (nSPS) is 14.0. The summed E-state index contributed by atoms with van der Waals surface area (Å²) in [6.45, 7) is 5.53. The van der Waals surface area contributed by atoms with Crippen LogP contribution in [0.4, 0.5) is 0 Å². The van der Waals surface area contributed by atoms with Gasteiger partial charge >= 0.3 is 0 Å². The van der Waals surface area contributed by atoms with Crippen LogP contribution in [0.2, 0.25) is 0 Å². The Morgan fingerprint density at radius 2 is 2.00 bits per heavy atom. The lowest BCUT2D eigenvalue weighted by Gasteiger charge is -2.28. The Balaban J connectivity index is 1.70. The Labute approximate surface area is 156 Å². The minimum Gasteiger partial charge on any atom is -0.454 e. The molecule has 0 radical (unpaired) electrons. The second kappa shape index (κ2) is 7.37. The first kappa shape index (κ1) is 18.3. The molecule has 0 fully saturated rings. The molecule has 6 nitrogen and oxygen atoms in total. The van der Waals surface area contributed by atoms with Gasteiger partial charge in [0, 0.05) is 11.8 Å². The number of amides is 2. The molecule has 1 aliphatic rings. The first-order chi connectivity index (χ1) is 12.3. The van der Waals surface area contributed by atoms with Crippen molar-refractivity contribution >= 4 is 23.2 Å². The summed E-state index contributed by atoms with van der Waals surface area (Å²) >= 11 is 1.52. The van der Waals surface area contributed by atoms with E-state index in [1.165, 1.54) is 18.3 Å². The molecule has 0 saturated carbocycles. The maximum Gasteiger partial charge on any atom is 0.231 e. The van der Waals surface area contributed by atoms with Gasteiger partial charge in [-0.1, -0.05) is 12.1 Å². The number of fused-ring (bicyclic) bond motifs is 1. The maximum absolute atomic E-state index is 12.6. The lowest BCUT2D eigenvalue weighted by Crippen LogP contribution is -2.42. The van der Waals surface area contributed by atoms with E-state index in [0.29, 0.717) is 11.5 Å². The number of hydrogen-bond donors (Lipinski definition) is 2. The number of carbonyl (C=O) groups excluding carboxylic acids is 2. The van der Waals surface area contributed by atoms with Gasteiger partial charge in [0.1, 0.15) is 0 Å². The van der Waals surface area contributed by atoms with Crippen LogP contribution in [0.5, 0.6) is 11.5 Å². The van der Waals surface area contributed by atoms with Gasteiger partial charge in [0.2, 0.25) is 18.6 Å². The fourth-order valence-electron chi connectivity index (χ4n) is 2.90. The molecule has 3 rings (SSSR count). The second-order valence-corrected chi connectivity index (χ2v) is 7.69. The molecule has 2 amide bonds. The zero-order valence-electron chi connectivity index (χ0n) is 15.0. The van der Waals surface area contributed by atoms with Crippen LogP contribution in [0.1, 0.15) is 43.7 Å². The van der Waals surface area contributed by atoms with Crippen molar-refractivity contribution in [3.63, 3.8) is 0 Å². The predicted octanol–water partition coefficient (Wildman–Crippen LogP) is 3.10. The third kappa shape index (κ3) is 4.16. The fourth-order valence-corrected chi connectivity index (χ4v) is 3.68. The summed E-state index contributed by atoms with van der Waals surface area (Å²) in [7, 11) is 0. The average Bonchev–Trinajstić information content (AvgIpc) is 3.24. The van der Waals surface area contributed by atoms with Crippen LogP contribution in [0.15, 0.2) is 35.7 Å². The zero-order valence-corrected chi connectivity index (χ0v) is 15.8. The highest BCUT2D eigenvalue weighted by atomic mass is 32.1. The molecule has 2 N–H and O–H groups in total. The second-order valence-electron chi connectivity index (χ2n) is 6.71. The molecule has 138 valence electrons. The van der Waals surface area contributed by atoms with Crippen molar-refractivity contribution in [3.8, 4) is 11.5 Å². The topological polar surface area (TPSA) is 76.7 Å². The van der Waals surface area contributed by atoms with Gasteiger partial charge in [0.05, 0.1) is 18.0 Å². The summed E-state index contributed by atoms with van der Waals surface area (Å²) in [5.74, 6) is 1.09. The standard InChI is InChI=1S/C19H22N2O4S/c1-12(22)20-14(17-5-4-8-26-17)10-18(23)21-19(2,3)13-6-7-15-16(9-13)25-11-24-15/h4-9,14H,10-11H2,1-3H3,(H,20,22)(H,21,23). The Kier molecular flexibility index (Phi) is 5.18. The van der Waals surface area contributed by atoms with E-state index < -0.39 is 5.54 Å². The van der Waals surface area contributed by atoms with Gasteiger partial charge in [0.25, 0.3) is 0 Å². The molecule has 0 bridgehead atoms. The molecule has 1 aromatic heterocycles. The van der Waals surface area contributed by atoms with E-state index in [4.69, 9.17) is 9.47 Å². The molecule has 7 heteroatoms. The summed E-state index contributed by atoms with van der Waals surface area (Å²) in [6.07, 6.45) is 0.175. The van der Waals surface area contributed by atoms with Gasteiger partial charge in [0.15, 0.2) is 11.5 Å². The van der Waals surface area contributed by atoms with Gasteiger partial charge < -0.3 is 20.1 Å². The van der Waals surface area contributed by atoms with Crippen molar-refractivity contribution < 1.29 is 19.1 Å². The molecular formula is C19H22N2O4S. The molecule has 0 aliphatic carbocycles. The van der Waals surface area contributed by atoms with Gasteiger partial charge in [-0.25, -0.2) is 0 Å². The zero-order chi connectivity index (χ0) is 18.7. The van der Waals surface area contributed by atoms with E-state index in [1.807, 2.05) is 49.6 Å². The molecule has 1 unspecified atom stereocenters. The van der Waals surface area contributed by atoms with Crippen LogP contribution in [-0.2, 0) is 15.1 Å². The molecule has 1 aromatic carbocycles. The van der Waals surface area contributed by atoms with Crippen molar-refractivity contribution in [2.75, 3.05) is 6.79 Å². The monoisotopic (exact) mass is 374 g/mol. The molecule has 2 heterocycles. The van der Waals surface area contributed by atoms with Crippen LogP contribution < -0.4 is 20.1 Å². The molecule has 0 saturated heterocycles. The summed E-state index contributed by atoms with van der Waals surface area (Å²) in [5.41, 5.74) is 0.330. The number of thiophene rings is 1. The lowest BCUT2D eigenvalue weighted by molar-refractivity contribution is -0.124. The fraction of sp³-hybridized carbons (Fsp3) is 0.368. The Hall–Kier alpha value is -2.54. The van der Waals surface area contributed by atoms with Gasteiger partial charge in [-0.05, 0) is 43.0 Å². The minimum absolute atomic E-state index is 0.139. The van der Waals surface area contributed by atoms with E-state index in [1.54, 1.807) is 0 Å². The number of rotatable bonds is 6. The van der Waals surface area contributed by atoms with Crippen LogP contribution in [-0.4, -0.2) is 18.6 Å². The van der Waals surface area contributed by atoms with E-state index in [-0.39, 0.29) is 31.1 Å². The molecule has 1 atom stereocenters. The number of carbonyl (C=O) groups is 2. The highest BCUT2D eigenvalue weighted by Crippen LogP contribution is 2.35. The summed E-state index contributed by atoms with van der Waals surface area (Å²) in [4.78, 5) is 25.1. The average molecular weight is 374 g/mol. The molecular weight excluding hydrogens is 352 g/mol. The third-order valence-corrected chi connectivity index (χ3v) is 5.19. The van der Waals surface area contributed by atoms with Gasteiger partial charge in [-0.15, -0.1) is 11.3 Å². The largest absolute Gasteiger partial charge is 0.454 e. The Morgan fingerprint density at radius 1 is 1.23 bits per heavy atom. The molecule has 0 spiro atoms. The third-order valence-electron chi connectivity index (χ3n) is 4.20. The van der Waals surface area contributed by atoms with E-state index in [2.05, 4.69) is 10.6 Å². The van der Waals surface area contributed by atoms with Gasteiger partial charge in [-0.2, -0.15) is 0 Å². The minimum atomic E-state index is -0.589. The number of nitrogens with one attached hydrogen (secondary N) is 2. The van der Waals surface area contributed by atoms with Crippen LogP contribution in [0, 0.1) is 0 Å². The number of hydrogen-bond acceptors (Lipinski definition) is 5. The molecule has 2 aromatic rings. The van der Waals surface area contributed by atoms with E-state index in [0.717, 1.165) is 10.4 Å². The lowest BCUT2D eigenvalue weighted by atomic mass is 9.93. The van der Waals surface area contributed by atoms with Crippen LogP contribution >= 0.6 is 11.3 Å².